The van der Waals surface area contributed by atoms with Crippen LogP contribution >= 0.6 is 11.6 Å². The van der Waals surface area contributed by atoms with Crippen molar-refractivity contribution in [3.05, 3.63) is 82.6 Å². The van der Waals surface area contributed by atoms with E-state index in [4.69, 9.17) is 16.3 Å². The summed E-state index contributed by atoms with van der Waals surface area (Å²) in [5.41, 5.74) is 0.470. The monoisotopic (exact) mass is 528 g/mol. The minimum absolute atomic E-state index is 0.0439. The fraction of sp³-hybridized carbons (Fsp3) is 0.385. The number of carbonyl (C=O) groups is 2. The van der Waals surface area contributed by atoms with Crippen LogP contribution in [-0.4, -0.2) is 19.4 Å². The van der Waals surface area contributed by atoms with Crippen molar-refractivity contribution in [1.82, 2.24) is 0 Å². The van der Waals surface area contributed by atoms with Crippen molar-refractivity contribution >= 4 is 23.9 Å². The van der Waals surface area contributed by atoms with Crippen molar-refractivity contribution in [2.45, 2.75) is 52.1 Å². The highest BCUT2D eigenvalue weighted by molar-refractivity contribution is 6.32. The molecule has 7 nitrogen and oxygen atoms in total. The fourth-order valence-corrected chi connectivity index (χ4v) is 4.07. The van der Waals surface area contributed by atoms with E-state index in [0.717, 1.165) is 31.8 Å². The molecule has 0 heterocycles. The summed E-state index contributed by atoms with van der Waals surface area (Å²) in [6.07, 6.45) is 11.8. The summed E-state index contributed by atoms with van der Waals surface area (Å²) in [7, 11) is 1.08. The van der Waals surface area contributed by atoms with Crippen LogP contribution in [0.4, 0.5) is 9.05 Å². The van der Waals surface area contributed by atoms with E-state index in [1.54, 1.807) is 13.0 Å². The molecule has 0 aromatic heterocycles. The number of carbonyl (C=O) groups excluding carboxylic acids is 2. The van der Waals surface area contributed by atoms with Gasteiger partial charge in [0.25, 0.3) is 0 Å². The molecule has 198 valence electrons. The van der Waals surface area contributed by atoms with Gasteiger partial charge in [0.05, 0.1) is 17.6 Å². The van der Waals surface area contributed by atoms with Crippen LogP contribution in [0.3, 0.4) is 0 Å². The average Bonchev–Trinajstić information content (AvgIpc) is 2.90. The highest BCUT2D eigenvalue weighted by Gasteiger charge is 2.43. The van der Waals surface area contributed by atoms with Crippen molar-refractivity contribution in [3.8, 4) is 0 Å². The SMILES string of the molecule is CCC1=C(Cl)C(OOF)=CCC1(C)C(=O)O[C@H](C/C=C/CC/C=C/C=O)c1ccccc1.COOF. The molecule has 1 aromatic rings. The number of halogens is 3. The Balaban J connectivity index is 0.00000150. The van der Waals surface area contributed by atoms with Gasteiger partial charge >= 0.3 is 5.97 Å². The van der Waals surface area contributed by atoms with Crippen LogP contribution in [0, 0.1) is 5.41 Å². The zero-order chi connectivity index (χ0) is 26.8. The molecule has 2 rings (SSSR count). The number of esters is 1. The summed E-state index contributed by atoms with van der Waals surface area (Å²) in [5, 5.41) is 5.94. The van der Waals surface area contributed by atoms with Crippen molar-refractivity contribution in [2.75, 3.05) is 7.11 Å². The first-order chi connectivity index (χ1) is 17.4. The van der Waals surface area contributed by atoms with Gasteiger partial charge in [-0.25, -0.2) is 4.89 Å². The van der Waals surface area contributed by atoms with Gasteiger partial charge in [0.1, 0.15) is 12.4 Å². The predicted molar refractivity (Wildman–Crippen MR) is 130 cm³/mol. The quantitative estimate of drug-likeness (QED) is 0.0508. The Hall–Kier alpha value is -2.85. The molecule has 0 saturated carbocycles. The van der Waals surface area contributed by atoms with E-state index in [9.17, 15) is 18.6 Å². The second-order valence-corrected chi connectivity index (χ2v) is 8.16. The lowest BCUT2D eigenvalue weighted by molar-refractivity contribution is -0.415. The maximum atomic E-state index is 13.3. The van der Waals surface area contributed by atoms with Crippen molar-refractivity contribution in [3.63, 3.8) is 0 Å². The minimum atomic E-state index is -1.01. The smallest absolute Gasteiger partial charge is 0.316 e. The second-order valence-electron chi connectivity index (χ2n) is 7.78. The Morgan fingerprint density at radius 3 is 2.39 bits per heavy atom. The number of rotatable bonds is 13. The van der Waals surface area contributed by atoms with Gasteiger partial charge in [-0.1, -0.05) is 67.1 Å². The molecule has 0 radical (unpaired) electrons. The van der Waals surface area contributed by atoms with Crippen molar-refractivity contribution < 1.29 is 43.3 Å². The van der Waals surface area contributed by atoms with Crippen molar-refractivity contribution in [1.29, 1.82) is 0 Å². The van der Waals surface area contributed by atoms with Gasteiger partial charge < -0.3 is 9.62 Å². The molecule has 0 aliphatic heterocycles. The van der Waals surface area contributed by atoms with Gasteiger partial charge in [0.15, 0.2) is 5.76 Å². The fourth-order valence-electron chi connectivity index (χ4n) is 3.62. The van der Waals surface area contributed by atoms with E-state index in [1.807, 2.05) is 49.4 Å². The highest BCUT2D eigenvalue weighted by atomic mass is 35.5. The molecular weight excluding hydrogens is 498 g/mol. The third kappa shape index (κ3) is 9.66. The average molecular weight is 529 g/mol. The Kier molecular flexibility index (Phi) is 15.2. The molecule has 2 atom stereocenters. The van der Waals surface area contributed by atoms with Crippen LogP contribution in [0.25, 0.3) is 0 Å². The van der Waals surface area contributed by atoms with E-state index < -0.39 is 17.5 Å². The number of aldehydes is 1. The van der Waals surface area contributed by atoms with Crippen LogP contribution in [0.15, 0.2) is 77.1 Å². The third-order valence-electron chi connectivity index (χ3n) is 5.48. The Bertz CT molecular complexity index is 929. The van der Waals surface area contributed by atoms with Crippen LogP contribution in [0.1, 0.15) is 57.6 Å². The Morgan fingerprint density at radius 2 is 1.81 bits per heavy atom. The number of hydrogen-bond donors (Lipinski definition) is 0. The number of benzene rings is 1. The first-order valence-corrected chi connectivity index (χ1v) is 11.6. The zero-order valence-corrected chi connectivity index (χ0v) is 21.2. The Labute approximate surface area is 214 Å². The number of hydrogen-bond acceptors (Lipinski definition) is 7. The molecule has 0 bridgehead atoms. The highest BCUT2D eigenvalue weighted by Crippen LogP contribution is 2.45. The Morgan fingerprint density at radius 1 is 1.14 bits per heavy atom. The van der Waals surface area contributed by atoms with Gasteiger partial charge in [-0.3, -0.25) is 9.59 Å². The first kappa shape index (κ1) is 31.2. The van der Waals surface area contributed by atoms with Gasteiger partial charge in [0.2, 0.25) is 0 Å². The minimum Gasteiger partial charge on any atom is -0.456 e. The maximum absolute atomic E-state index is 13.3. The van der Waals surface area contributed by atoms with E-state index in [1.165, 1.54) is 12.2 Å². The maximum Gasteiger partial charge on any atom is 0.316 e. The van der Waals surface area contributed by atoms with Crippen LogP contribution in [-0.2, 0) is 34.3 Å². The molecule has 0 fully saturated rings. The number of ether oxygens (including phenoxy) is 1. The van der Waals surface area contributed by atoms with E-state index in [0.29, 0.717) is 18.4 Å². The lowest BCUT2D eigenvalue weighted by Gasteiger charge is -2.34. The summed E-state index contributed by atoms with van der Waals surface area (Å²) >= 11 is 6.36. The standard InChI is InChI=1S/C25H28ClFO5.CH3FO2/c1-3-20-23(26)22(31-32-27)16-17-25(20,2)24(29)30-21(19-13-9-8-10-14-19)15-11-6-4-5-7-12-18-28;1-3-4-2/h6-14,16,18,21H,3-5,15,17H2,1-2H3;1H3/b11-6+,12-7+;/t21-,25?;/m1./s1. The van der Waals surface area contributed by atoms with Gasteiger partial charge in [-0.05, 0) is 70.0 Å². The van der Waals surface area contributed by atoms with Crippen LogP contribution < -0.4 is 0 Å². The molecule has 0 spiro atoms. The summed E-state index contributed by atoms with van der Waals surface area (Å²) in [6, 6.07) is 9.51. The normalized spacial score (nSPS) is 18.4. The summed E-state index contributed by atoms with van der Waals surface area (Å²) in [6.45, 7) is 3.62. The second kappa shape index (κ2) is 17.6. The van der Waals surface area contributed by atoms with Crippen LogP contribution in [0.2, 0.25) is 0 Å². The van der Waals surface area contributed by atoms with Crippen LogP contribution in [0.5, 0.6) is 0 Å². The van der Waals surface area contributed by atoms with Gasteiger partial charge in [0, 0.05) is 11.5 Å². The molecule has 0 amide bonds. The largest absolute Gasteiger partial charge is 0.456 e. The zero-order valence-electron chi connectivity index (χ0n) is 20.5. The van der Waals surface area contributed by atoms with E-state index in [-0.39, 0.29) is 17.2 Å². The van der Waals surface area contributed by atoms with E-state index in [2.05, 4.69) is 20.0 Å². The number of allylic oxidation sites excluding steroid dienone is 5. The third-order valence-corrected chi connectivity index (χ3v) is 5.90. The lowest BCUT2D eigenvalue weighted by atomic mass is 9.74. The molecule has 1 aliphatic rings. The molecule has 1 aromatic carbocycles. The molecule has 1 unspecified atom stereocenters. The molecule has 1 aliphatic carbocycles. The molecule has 36 heavy (non-hydrogen) atoms. The molecule has 0 N–H and O–H groups in total. The first-order valence-electron chi connectivity index (χ1n) is 11.3. The van der Waals surface area contributed by atoms with Crippen molar-refractivity contribution in [2.24, 2.45) is 5.41 Å². The predicted octanol–water partition coefficient (Wildman–Crippen LogP) is 7.23. The molecule has 10 heteroatoms. The van der Waals surface area contributed by atoms with Gasteiger partial charge in [-0.2, -0.15) is 0 Å². The lowest BCUT2D eigenvalue weighted by Crippen LogP contribution is -2.35. The molecule has 0 saturated heterocycles. The summed E-state index contributed by atoms with van der Waals surface area (Å²) < 4.78 is 28.1. The number of unbranched alkanes of at least 4 members (excludes halogenated alkanes) is 1. The summed E-state index contributed by atoms with van der Waals surface area (Å²) in [5.74, 6) is -0.373. The van der Waals surface area contributed by atoms with E-state index >= 15 is 0 Å². The topological polar surface area (TPSA) is 80.3 Å². The van der Waals surface area contributed by atoms with Gasteiger partial charge in [-0.15, -0.1) is 0 Å². The molecular formula is C26H31ClF2O7. The summed E-state index contributed by atoms with van der Waals surface area (Å²) in [4.78, 5) is 31.5.